The molecular formula is C15H20N4O. The second-order valence-corrected chi connectivity index (χ2v) is 4.85. The van der Waals surface area contributed by atoms with Crippen molar-refractivity contribution in [3.8, 4) is 0 Å². The Labute approximate surface area is 118 Å². The molecule has 1 atom stereocenters. The average molecular weight is 272 g/mol. The smallest absolute Gasteiger partial charge is 0.244 e. The minimum Gasteiger partial charge on any atom is -0.370 e. The van der Waals surface area contributed by atoms with Crippen molar-refractivity contribution < 1.29 is 4.79 Å². The van der Waals surface area contributed by atoms with Gasteiger partial charge in [-0.25, -0.2) is 0 Å². The molecule has 2 rings (SSSR count). The van der Waals surface area contributed by atoms with E-state index in [1.165, 1.54) is 0 Å². The first-order valence-electron chi connectivity index (χ1n) is 6.66. The molecule has 0 bridgehead atoms. The number of amides is 1. The molecule has 5 nitrogen and oxygen atoms in total. The van der Waals surface area contributed by atoms with Crippen LogP contribution in [0, 0.1) is 6.92 Å². The third-order valence-corrected chi connectivity index (χ3v) is 3.31. The van der Waals surface area contributed by atoms with E-state index in [0.717, 1.165) is 28.9 Å². The third kappa shape index (κ3) is 2.82. The van der Waals surface area contributed by atoms with E-state index < -0.39 is 11.9 Å². The molecule has 1 aromatic carbocycles. The molecule has 20 heavy (non-hydrogen) atoms. The predicted molar refractivity (Wildman–Crippen MR) is 79.3 cm³/mol. The number of benzene rings is 1. The average Bonchev–Trinajstić information content (AvgIpc) is 2.78. The van der Waals surface area contributed by atoms with E-state index in [2.05, 4.69) is 10.4 Å². The fraction of sp³-hybridized carbons (Fsp3) is 0.333. The summed E-state index contributed by atoms with van der Waals surface area (Å²) in [6.07, 6.45) is 2.61. The van der Waals surface area contributed by atoms with Gasteiger partial charge >= 0.3 is 0 Å². The van der Waals surface area contributed by atoms with E-state index >= 15 is 0 Å². The maximum atomic E-state index is 11.8. The van der Waals surface area contributed by atoms with Gasteiger partial charge in [0.2, 0.25) is 5.91 Å². The van der Waals surface area contributed by atoms with Gasteiger partial charge in [0.05, 0.1) is 5.69 Å². The van der Waals surface area contributed by atoms with Crippen LogP contribution in [-0.2, 0) is 18.3 Å². The van der Waals surface area contributed by atoms with Crippen molar-refractivity contribution in [1.82, 2.24) is 9.78 Å². The van der Waals surface area contributed by atoms with E-state index in [-0.39, 0.29) is 0 Å². The Morgan fingerprint density at radius 1 is 1.45 bits per heavy atom. The van der Waals surface area contributed by atoms with E-state index in [9.17, 15) is 4.79 Å². The number of primary amides is 1. The number of nitrogens with two attached hydrogens (primary N) is 1. The molecule has 106 valence electrons. The lowest BCUT2D eigenvalue weighted by Gasteiger charge is -2.18. The summed E-state index contributed by atoms with van der Waals surface area (Å²) in [5.41, 5.74) is 9.26. The highest BCUT2D eigenvalue weighted by Crippen LogP contribution is 2.24. The summed E-state index contributed by atoms with van der Waals surface area (Å²) in [7, 11) is 1.84. The normalized spacial score (nSPS) is 12.2. The first kappa shape index (κ1) is 14.1. The van der Waals surface area contributed by atoms with Crippen molar-refractivity contribution in [2.24, 2.45) is 12.8 Å². The highest BCUT2D eigenvalue weighted by atomic mass is 16.1. The number of hydrogen-bond donors (Lipinski definition) is 2. The van der Waals surface area contributed by atoms with Gasteiger partial charge in [0.25, 0.3) is 0 Å². The molecule has 0 aliphatic rings. The van der Waals surface area contributed by atoms with Crippen LogP contribution in [0.3, 0.4) is 0 Å². The van der Waals surface area contributed by atoms with E-state index in [1.54, 1.807) is 4.68 Å². The first-order chi connectivity index (χ1) is 9.52. The molecular weight excluding hydrogens is 252 g/mol. The fourth-order valence-corrected chi connectivity index (χ4v) is 2.26. The van der Waals surface area contributed by atoms with Crippen LogP contribution in [0.4, 0.5) is 5.69 Å². The molecule has 1 heterocycles. The van der Waals surface area contributed by atoms with Gasteiger partial charge in [-0.15, -0.1) is 0 Å². The number of hydrogen-bond acceptors (Lipinski definition) is 3. The summed E-state index contributed by atoms with van der Waals surface area (Å²) in [4.78, 5) is 11.8. The molecule has 0 saturated heterocycles. The zero-order valence-electron chi connectivity index (χ0n) is 12.1. The lowest BCUT2D eigenvalue weighted by atomic mass is 10.0. The quantitative estimate of drug-likeness (QED) is 0.873. The Kier molecular flexibility index (Phi) is 4.08. The molecule has 2 aromatic rings. The monoisotopic (exact) mass is 272 g/mol. The summed E-state index contributed by atoms with van der Waals surface area (Å²) in [6, 6.07) is 7.25. The molecule has 0 aliphatic carbocycles. The Morgan fingerprint density at radius 2 is 2.15 bits per heavy atom. The second kappa shape index (κ2) is 5.77. The van der Waals surface area contributed by atoms with Crippen LogP contribution >= 0.6 is 0 Å². The number of carbonyl (C=O) groups excluding carboxylic acids is 1. The largest absolute Gasteiger partial charge is 0.370 e. The Hall–Kier alpha value is -2.30. The van der Waals surface area contributed by atoms with Crippen molar-refractivity contribution in [2.45, 2.75) is 26.3 Å². The van der Waals surface area contributed by atoms with Crippen LogP contribution < -0.4 is 11.1 Å². The van der Waals surface area contributed by atoms with Gasteiger partial charge in [0, 0.05) is 24.5 Å². The summed E-state index contributed by atoms with van der Waals surface area (Å²) < 4.78 is 1.71. The highest BCUT2D eigenvalue weighted by Gasteiger charge is 2.23. The molecule has 3 N–H and O–H groups in total. The molecule has 0 radical (unpaired) electrons. The van der Waals surface area contributed by atoms with Crippen LogP contribution in [-0.4, -0.2) is 15.7 Å². The third-order valence-electron chi connectivity index (χ3n) is 3.31. The number of aryl methyl sites for hydroxylation is 3. The van der Waals surface area contributed by atoms with Crippen molar-refractivity contribution in [2.75, 3.05) is 5.32 Å². The summed E-state index contributed by atoms with van der Waals surface area (Å²) in [5, 5.41) is 7.59. The zero-order valence-corrected chi connectivity index (χ0v) is 12.1. The number of rotatable bonds is 5. The van der Waals surface area contributed by atoms with Gasteiger partial charge in [-0.1, -0.05) is 25.1 Å². The fourth-order valence-electron chi connectivity index (χ4n) is 2.26. The first-order valence-corrected chi connectivity index (χ1v) is 6.66. The number of aromatic nitrogens is 2. The van der Waals surface area contributed by atoms with Gasteiger partial charge < -0.3 is 11.1 Å². The van der Waals surface area contributed by atoms with Crippen LogP contribution in [0.25, 0.3) is 0 Å². The van der Waals surface area contributed by atoms with Crippen molar-refractivity contribution in [1.29, 1.82) is 0 Å². The molecule has 0 aliphatic heterocycles. The number of nitrogens with zero attached hydrogens (tertiary/aromatic N) is 2. The van der Waals surface area contributed by atoms with Crippen molar-refractivity contribution in [3.05, 3.63) is 47.3 Å². The zero-order chi connectivity index (χ0) is 14.7. The lowest BCUT2D eigenvalue weighted by molar-refractivity contribution is -0.118. The van der Waals surface area contributed by atoms with Crippen molar-refractivity contribution >= 4 is 11.6 Å². The highest BCUT2D eigenvalue weighted by molar-refractivity contribution is 5.85. The van der Waals surface area contributed by atoms with Crippen LogP contribution in [0.2, 0.25) is 0 Å². The molecule has 0 saturated carbocycles. The van der Waals surface area contributed by atoms with Gasteiger partial charge in [0.1, 0.15) is 6.04 Å². The van der Waals surface area contributed by atoms with E-state index in [0.29, 0.717) is 0 Å². The van der Waals surface area contributed by atoms with Gasteiger partial charge in [0.15, 0.2) is 0 Å². The van der Waals surface area contributed by atoms with Gasteiger partial charge in [-0.05, 0) is 25.0 Å². The number of anilines is 1. The van der Waals surface area contributed by atoms with Crippen LogP contribution in [0.1, 0.15) is 29.8 Å². The van der Waals surface area contributed by atoms with Crippen LogP contribution in [0.15, 0.2) is 30.5 Å². The summed E-state index contributed by atoms with van der Waals surface area (Å²) >= 11 is 0. The second-order valence-electron chi connectivity index (χ2n) is 4.85. The molecule has 1 unspecified atom stereocenters. The molecule has 0 fully saturated rings. The summed E-state index contributed by atoms with van der Waals surface area (Å²) in [6.45, 7) is 4.00. The molecule has 1 aromatic heterocycles. The lowest BCUT2D eigenvalue weighted by Crippen LogP contribution is -2.28. The maximum Gasteiger partial charge on any atom is 0.244 e. The predicted octanol–water partition coefficient (Wildman–Crippen LogP) is 1.93. The van der Waals surface area contributed by atoms with Gasteiger partial charge in [-0.3, -0.25) is 9.48 Å². The SMILES string of the molecule is CCc1nn(C)cc1C(Nc1ccccc1C)C(N)=O. The van der Waals surface area contributed by atoms with E-state index in [4.69, 9.17) is 5.73 Å². The Bertz CT molecular complexity index is 618. The van der Waals surface area contributed by atoms with E-state index in [1.807, 2.05) is 51.4 Å². The minimum absolute atomic E-state index is 0.407. The molecule has 5 heteroatoms. The Morgan fingerprint density at radius 3 is 2.75 bits per heavy atom. The minimum atomic E-state index is -0.570. The maximum absolute atomic E-state index is 11.8. The topological polar surface area (TPSA) is 72.9 Å². The molecule has 0 spiro atoms. The number of carbonyl (C=O) groups is 1. The number of para-hydroxylation sites is 1. The van der Waals surface area contributed by atoms with Gasteiger partial charge in [-0.2, -0.15) is 5.10 Å². The molecule has 1 amide bonds. The van der Waals surface area contributed by atoms with Crippen molar-refractivity contribution in [3.63, 3.8) is 0 Å². The number of nitrogens with one attached hydrogen (secondary N) is 1. The van der Waals surface area contributed by atoms with Crippen LogP contribution in [0.5, 0.6) is 0 Å². The summed E-state index contributed by atoms with van der Waals surface area (Å²) in [5.74, 6) is -0.407. The standard InChI is InChI=1S/C15H20N4O/c1-4-12-11(9-19(3)18-12)14(15(16)20)17-13-8-6-5-7-10(13)2/h5-9,14,17H,4H2,1-3H3,(H2,16,20). The Balaban J connectivity index is 2.37.